The summed E-state index contributed by atoms with van der Waals surface area (Å²) in [7, 11) is 3.08. The Morgan fingerprint density at radius 3 is 2.48 bits per heavy atom. The fourth-order valence-corrected chi connectivity index (χ4v) is 3.27. The predicted molar refractivity (Wildman–Crippen MR) is 91.8 cm³/mol. The zero-order valence-electron chi connectivity index (χ0n) is 14.9. The Balaban J connectivity index is 1.85. The number of halogens is 3. The number of benzene rings is 1. The van der Waals surface area contributed by atoms with Gasteiger partial charge in [0.05, 0.1) is 25.8 Å². The summed E-state index contributed by atoms with van der Waals surface area (Å²) in [6.07, 6.45) is -1.99. The second-order valence-corrected chi connectivity index (χ2v) is 6.20. The van der Waals surface area contributed by atoms with Crippen LogP contribution in [0.4, 0.5) is 13.2 Å². The lowest BCUT2D eigenvalue weighted by molar-refractivity contribution is -0.141. The van der Waals surface area contributed by atoms with Crippen molar-refractivity contribution in [3.05, 3.63) is 53.3 Å². The Hall–Kier alpha value is -2.77. The Bertz CT molecular complexity index is 822. The van der Waals surface area contributed by atoms with Crippen LogP contribution in [0.3, 0.4) is 0 Å². The number of methoxy groups -OCH3 is 2. The molecule has 0 spiro atoms. The first-order valence-electron chi connectivity index (χ1n) is 8.41. The van der Waals surface area contributed by atoms with Crippen LogP contribution in [0.5, 0.6) is 11.5 Å². The minimum atomic E-state index is -4.53. The Labute approximate surface area is 154 Å². The zero-order valence-corrected chi connectivity index (χ0v) is 14.9. The van der Waals surface area contributed by atoms with Crippen molar-refractivity contribution >= 4 is 5.91 Å². The lowest BCUT2D eigenvalue weighted by Crippen LogP contribution is -2.30. The average Bonchev–Trinajstić information content (AvgIpc) is 3.16. The molecule has 0 saturated carbocycles. The maximum Gasteiger partial charge on any atom is 0.433 e. The van der Waals surface area contributed by atoms with E-state index in [1.165, 1.54) is 13.2 Å². The molecule has 1 aromatic carbocycles. The second-order valence-electron chi connectivity index (χ2n) is 6.20. The highest BCUT2D eigenvalue weighted by atomic mass is 19.4. The fourth-order valence-electron chi connectivity index (χ4n) is 3.27. The van der Waals surface area contributed by atoms with Crippen LogP contribution in [0.15, 0.2) is 36.5 Å². The van der Waals surface area contributed by atoms with Crippen molar-refractivity contribution in [3.8, 4) is 11.5 Å². The van der Waals surface area contributed by atoms with E-state index in [1.54, 1.807) is 18.1 Å². The van der Waals surface area contributed by atoms with Crippen molar-refractivity contribution in [2.24, 2.45) is 0 Å². The maximum absolute atomic E-state index is 12.8. The van der Waals surface area contributed by atoms with E-state index < -0.39 is 11.9 Å². The largest absolute Gasteiger partial charge is 0.493 e. The zero-order chi connectivity index (χ0) is 19.6. The Morgan fingerprint density at radius 1 is 1.15 bits per heavy atom. The number of carbonyl (C=O) groups is 1. The van der Waals surface area contributed by atoms with Gasteiger partial charge in [0.15, 0.2) is 11.5 Å². The Kier molecular flexibility index (Phi) is 5.25. The highest BCUT2D eigenvalue weighted by molar-refractivity contribution is 5.94. The fraction of sp³-hybridized carbons (Fsp3) is 0.368. The molecule has 0 N–H and O–H groups in total. The van der Waals surface area contributed by atoms with E-state index in [4.69, 9.17) is 9.47 Å². The van der Waals surface area contributed by atoms with Crippen LogP contribution >= 0.6 is 0 Å². The SMILES string of the molecule is COc1ccc(C2CCCN2C(=O)c2ccc(C(F)(F)F)nc2)cc1OC. The molecule has 2 aromatic rings. The van der Waals surface area contributed by atoms with Gasteiger partial charge in [0.25, 0.3) is 5.91 Å². The van der Waals surface area contributed by atoms with Crippen molar-refractivity contribution in [1.82, 2.24) is 9.88 Å². The van der Waals surface area contributed by atoms with Crippen molar-refractivity contribution in [2.75, 3.05) is 20.8 Å². The van der Waals surface area contributed by atoms with Gasteiger partial charge in [0.2, 0.25) is 0 Å². The van der Waals surface area contributed by atoms with Crippen LogP contribution in [-0.4, -0.2) is 36.6 Å². The minimum Gasteiger partial charge on any atom is -0.493 e. The highest BCUT2D eigenvalue weighted by Gasteiger charge is 2.34. The molecule has 1 atom stereocenters. The summed E-state index contributed by atoms with van der Waals surface area (Å²) < 4.78 is 48.5. The van der Waals surface area contributed by atoms with Crippen LogP contribution in [0.2, 0.25) is 0 Å². The number of aromatic nitrogens is 1. The van der Waals surface area contributed by atoms with Crippen molar-refractivity contribution < 1.29 is 27.4 Å². The molecule has 0 radical (unpaired) electrons. The molecule has 0 aliphatic carbocycles. The number of pyridine rings is 1. The summed E-state index contributed by atoms with van der Waals surface area (Å²) in [5.74, 6) is 0.808. The van der Waals surface area contributed by atoms with Gasteiger partial charge in [-0.25, -0.2) is 0 Å². The van der Waals surface area contributed by atoms with E-state index in [0.717, 1.165) is 30.7 Å². The number of rotatable bonds is 4. The molecular weight excluding hydrogens is 361 g/mol. The lowest BCUT2D eigenvalue weighted by atomic mass is 10.0. The first-order chi connectivity index (χ1) is 12.8. The minimum absolute atomic E-state index is 0.135. The molecular formula is C19H19F3N2O3. The monoisotopic (exact) mass is 380 g/mol. The smallest absolute Gasteiger partial charge is 0.433 e. The van der Waals surface area contributed by atoms with E-state index in [2.05, 4.69) is 4.98 Å². The molecule has 8 heteroatoms. The van der Waals surface area contributed by atoms with Gasteiger partial charge in [-0.15, -0.1) is 0 Å². The number of carbonyl (C=O) groups excluding carboxylic acids is 1. The molecule has 1 fully saturated rings. The number of hydrogen-bond acceptors (Lipinski definition) is 4. The third-order valence-corrected chi connectivity index (χ3v) is 4.61. The highest BCUT2D eigenvalue weighted by Crippen LogP contribution is 2.37. The quantitative estimate of drug-likeness (QED) is 0.802. The molecule has 0 bridgehead atoms. The van der Waals surface area contributed by atoms with Crippen LogP contribution in [0.25, 0.3) is 0 Å². The van der Waals surface area contributed by atoms with Crippen molar-refractivity contribution in [3.63, 3.8) is 0 Å². The van der Waals surface area contributed by atoms with Gasteiger partial charge >= 0.3 is 6.18 Å². The second kappa shape index (κ2) is 7.46. The van der Waals surface area contributed by atoms with Crippen LogP contribution in [0.1, 0.15) is 40.5 Å². The summed E-state index contributed by atoms with van der Waals surface area (Å²) in [5.41, 5.74) is 0.00524. The molecule has 1 amide bonds. The van der Waals surface area contributed by atoms with Gasteiger partial charge in [0, 0.05) is 12.7 Å². The summed E-state index contributed by atoms with van der Waals surface area (Å²) in [6.45, 7) is 0.527. The maximum atomic E-state index is 12.8. The number of ether oxygens (including phenoxy) is 2. The molecule has 3 rings (SSSR count). The van der Waals surface area contributed by atoms with Gasteiger partial charge in [0.1, 0.15) is 5.69 Å². The van der Waals surface area contributed by atoms with Gasteiger partial charge < -0.3 is 14.4 Å². The van der Waals surface area contributed by atoms with Crippen molar-refractivity contribution in [2.45, 2.75) is 25.1 Å². The van der Waals surface area contributed by atoms with Crippen molar-refractivity contribution in [1.29, 1.82) is 0 Å². The third kappa shape index (κ3) is 3.84. The molecule has 1 saturated heterocycles. The molecule has 27 heavy (non-hydrogen) atoms. The van der Waals surface area contributed by atoms with Gasteiger partial charge in [-0.2, -0.15) is 13.2 Å². The topological polar surface area (TPSA) is 51.7 Å². The van der Waals surface area contributed by atoms with Crippen LogP contribution in [0, 0.1) is 0 Å². The van der Waals surface area contributed by atoms with E-state index in [0.29, 0.717) is 18.0 Å². The van der Waals surface area contributed by atoms with E-state index in [1.807, 2.05) is 12.1 Å². The van der Waals surface area contributed by atoms with Crippen LogP contribution in [-0.2, 0) is 6.18 Å². The Morgan fingerprint density at radius 2 is 1.89 bits per heavy atom. The standard InChI is InChI=1S/C19H19F3N2O3/c1-26-15-7-5-12(10-16(15)27-2)14-4-3-9-24(14)18(25)13-6-8-17(23-11-13)19(20,21)22/h5-8,10-11,14H,3-4,9H2,1-2H3. The van der Waals surface area contributed by atoms with Gasteiger partial charge in [-0.05, 0) is 42.7 Å². The van der Waals surface area contributed by atoms with Crippen LogP contribution < -0.4 is 9.47 Å². The summed E-state index contributed by atoms with van der Waals surface area (Å²) in [6, 6.07) is 7.27. The summed E-state index contributed by atoms with van der Waals surface area (Å²) in [5, 5.41) is 0. The molecule has 1 aromatic heterocycles. The summed E-state index contributed by atoms with van der Waals surface area (Å²) >= 11 is 0. The normalized spacial score (nSPS) is 17.1. The number of alkyl halides is 3. The van der Waals surface area contributed by atoms with E-state index in [9.17, 15) is 18.0 Å². The number of hydrogen-bond donors (Lipinski definition) is 0. The van der Waals surface area contributed by atoms with E-state index >= 15 is 0 Å². The van der Waals surface area contributed by atoms with Gasteiger partial charge in [-0.1, -0.05) is 6.07 Å². The number of likely N-dealkylation sites (tertiary alicyclic amines) is 1. The molecule has 144 valence electrons. The molecule has 1 aliphatic heterocycles. The van der Waals surface area contributed by atoms with Gasteiger partial charge in [-0.3, -0.25) is 9.78 Å². The predicted octanol–water partition coefficient (Wildman–Crippen LogP) is 4.09. The first kappa shape index (κ1) is 19.0. The number of nitrogens with zero attached hydrogens (tertiary/aromatic N) is 2. The molecule has 5 nitrogen and oxygen atoms in total. The molecule has 2 heterocycles. The lowest BCUT2D eigenvalue weighted by Gasteiger charge is -2.26. The third-order valence-electron chi connectivity index (χ3n) is 4.61. The summed E-state index contributed by atoms with van der Waals surface area (Å²) in [4.78, 5) is 17.9. The number of amides is 1. The average molecular weight is 380 g/mol. The molecule has 1 unspecified atom stereocenters. The molecule has 1 aliphatic rings. The van der Waals surface area contributed by atoms with E-state index in [-0.39, 0.29) is 17.5 Å². The first-order valence-corrected chi connectivity index (χ1v) is 8.41.